The van der Waals surface area contributed by atoms with Crippen LogP contribution in [0.4, 0.5) is 0 Å². The highest BCUT2D eigenvalue weighted by atomic mass is 16.5. The number of hydrogen-bond acceptors (Lipinski definition) is 3. The van der Waals surface area contributed by atoms with Gasteiger partial charge in [-0.1, -0.05) is 19.9 Å². The van der Waals surface area contributed by atoms with Gasteiger partial charge in [0.1, 0.15) is 0 Å². The van der Waals surface area contributed by atoms with Gasteiger partial charge in [0, 0.05) is 13.1 Å². The number of rotatable bonds is 5. The number of para-hydroxylation sites is 1. The standard InChI is InChI=1S/C14H21NO3/c1-5-15(9-10(2)3)14(17)11-7-6-8-12(18-4)13(11)16/h6-8,10,16H,5,9H2,1-4H3. The van der Waals surface area contributed by atoms with Crippen molar-refractivity contribution in [2.45, 2.75) is 20.8 Å². The molecule has 1 aromatic carbocycles. The third-order valence-electron chi connectivity index (χ3n) is 2.70. The van der Waals surface area contributed by atoms with Crippen LogP contribution in [-0.2, 0) is 0 Å². The zero-order valence-corrected chi connectivity index (χ0v) is 11.4. The molecule has 0 aliphatic heterocycles. The first-order chi connectivity index (χ1) is 8.51. The normalized spacial score (nSPS) is 10.5. The largest absolute Gasteiger partial charge is 0.504 e. The van der Waals surface area contributed by atoms with Crippen molar-refractivity contribution < 1.29 is 14.6 Å². The molecule has 1 amide bonds. The number of benzene rings is 1. The fourth-order valence-electron chi connectivity index (χ4n) is 1.83. The molecule has 0 aliphatic rings. The van der Waals surface area contributed by atoms with Crippen molar-refractivity contribution in [3.63, 3.8) is 0 Å². The molecule has 0 bridgehead atoms. The monoisotopic (exact) mass is 251 g/mol. The van der Waals surface area contributed by atoms with Crippen LogP contribution in [0.5, 0.6) is 11.5 Å². The maximum atomic E-state index is 12.3. The molecule has 1 rings (SSSR count). The van der Waals surface area contributed by atoms with Gasteiger partial charge >= 0.3 is 0 Å². The number of carbonyl (C=O) groups excluding carboxylic acids is 1. The Labute approximate surface area is 108 Å². The number of phenolic OH excluding ortho intramolecular Hbond substituents is 1. The third-order valence-corrected chi connectivity index (χ3v) is 2.70. The second kappa shape index (κ2) is 6.28. The number of aromatic hydroxyl groups is 1. The summed E-state index contributed by atoms with van der Waals surface area (Å²) in [4.78, 5) is 14.0. The van der Waals surface area contributed by atoms with E-state index in [2.05, 4.69) is 13.8 Å². The van der Waals surface area contributed by atoms with Crippen molar-refractivity contribution in [2.24, 2.45) is 5.92 Å². The minimum absolute atomic E-state index is 0.0905. The number of methoxy groups -OCH3 is 1. The van der Waals surface area contributed by atoms with E-state index in [4.69, 9.17) is 4.74 Å². The Morgan fingerprint density at radius 3 is 2.61 bits per heavy atom. The van der Waals surface area contributed by atoms with Gasteiger partial charge in [-0.2, -0.15) is 0 Å². The lowest BCUT2D eigenvalue weighted by atomic mass is 10.1. The molecule has 0 saturated heterocycles. The van der Waals surface area contributed by atoms with E-state index in [1.54, 1.807) is 23.1 Å². The smallest absolute Gasteiger partial charge is 0.257 e. The summed E-state index contributed by atoms with van der Waals surface area (Å²) in [6, 6.07) is 4.95. The molecule has 0 saturated carbocycles. The van der Waals surface area contributed by atoms with Gasteiger partial charge < -0.3 is 14.7 Å². The third kappa shape index (κ3) is 3.15. The zero-order chi connectivity index (χ0) is 13.7. The van der Waals surface area contributed by atoms with E-state index in [9.17, 15) is 9.90 Å². The molecule has 0 aromatic heterocycles. The van der Waals surface area contributed by atoms with E-state index in [0.717, 1.165) is 0 Å². The van der Waals surface area contributed by atoms with E-state index in [1.807, 2.05) is 6.92 Å². The predicted octanol–water partition coefficient (Wildman–Crippen LogP) is 2.52. The molecule has 100 valence electrons. The summed E-state index contributed by atoms with van der Waals surface area (Å²) in [5, 5.41) is 9.97. The summed E-state index contributed by atoms with van der Waals surface area (Å²) in [6.45, 7) is 7.33. The second-order valence-corrected chi connectivity index (χ2v) is 4.59. The Kier molecular flexibility index (Phi) is 5.01. The van der Waals surface area contributed by atoms with Crippen molar-refractivity contribution in [1.29, 1.82) is 0 Å². The number of hydrogen-bond donors (Lipinski definition) is 1. The van der Waals surface area contributed by atoms with Gasteiger partial charge in [0.05, 0.1) is 12.7 Å². The van der Waals surface area contributed by atoms with Gasteiger partial charge in [0.25, 0.3) is 5.91 Å². The van der Waals surface area contributed by atoms with E-state index in [0.29, 0.717) is 24.8 Å². The zero-order valence-electron chi connectivity index (χ0n) is 11.4. The predicted molar refractivity (Wildman–Crippen MR) is 71.1 cm³/mol. The van der Waals surface area contributed by atoms with Crippen LogP contribution in [0.3, 0.4) is 0 Å². The summed E-state index contributed by atoms with van der Waals surface area (Å²) in [7, 11) is 1.47. The average molecular weight is 251 g/mol. The minimum Gasteiger partial charge on any atom is -0.504 e. The van der Waals surface area contributed by atoms with Crippen molar-refractivity contribution in [3.05, 3.63) is 23.8 Å². The summed E-state index contributed by atoms with van der Waals surface area (Å²) in [5.41, 5.74) is 0.289. The van der Waals surface area contributed by atoms with Crippen LogP contribution in [0.1, 0.15) is 31.1 Å². The molecule has 0 radical (unpaired) electrons. The fraction of sp³-hybridized carbons (Fsp3) is 0.500. The summed E-state index contributed by atoms with van der Waals surface area (Å²) in [6.07, 6.45) is 0. The van der Waals surface area contributed by atoms with Gasteiger partial charge in [0.15, 0.2) is 11.5 Å². The number of nitrogens with zero attached hydrogens (tertiary/aromatic N) is 1. The van der Waals surface area contributed by atoms with Crippen molar-refractivity contribution in [1.82, 2.24) is 4.90 Å². The molecule has 1 aromatic rings. The van der Waals surface area contributed by atoms with Gasteiger partial charge in [-0.15, -0.1) is 0 Å². The van der Waals surface area contributed by atoms with Crippen molar-refractivity contribution in [3.8, 4) is 11.5 Å². The fourth-order valence-corrected chi connectivity index (χ4v) is 1.83. The van der Waals surface area contributed by atoms with Gasteiger partial charge in [-0.25, -0.2) is 0 Å². The first-order valence-corrected chi connectivity index (χ1v) is 6.16. The molecular weight excluding hydrogens is 230 g/mol. The van der Waals surface area contributed by atoms with Crippen LogP contribution in [-0.4, -0.2) is 36.1 Å². The Morgan fingerprint density at radius 2 is 2.11 bits per heavy atom. The molecule has 1 N–H and O–H groups in total. The summed E-state index contributed by atoms with van der Waals surface area (Å²) < 4.78 is 5.01. The van der Waals surface area contributed by atoms with Crippen LogP contribution < -0.4 is 4.74 Å². The molecule has 0 atom stereocenters. The number of phenols is 1. The number of amides is 1. The molecule has 0 heterocycles. The van der Waals surface area contributed by atoms with E-state index >= 15 is 0 Å². The highest BCUT2D eigenvalue weighted by Crippen LogP contribution is 2.30. The molecule has 4 nitrogen and oxygen atoms in total. The van der Waals surface area contributed by atoms with E-state index in [1.165, 1.54) is 7.11 Å². The molecular formula is C14H21NO3. The lowest BCUT2D eigenvalue weighted by Gasteiger charge is -2.23. The molecule has 0 spiro atoms. The summed E-state index contributed by atoms with van der Waals surface area (Å²) >= 11 is 0. The Morgan fingerprint density at radius 1 is 1.44 bits per heavy atom. The topological polar surface area (TPSA) is 49.8 Å². The van der Waals surface area contributed by atoms with Crippen LogP contribution in [0.25, 0.3) is 0 Å². The lowest BCUT2D eigenvalue weighted by Crippen LogP contribution is -2.34. The first-order valence-electron chi connectivity index (χ1n) is 6.16. The number of carbonyl (C=O) groups is 1. The van der Waals surface area contributed by atoms with Gasteiger partial charge in [-0.05, 0) is 25.0 Å². The van der Waals surface area contributed by atoms with Gasteiger partial charge in [-0.3, -0.25) is 4.79 Å². The highest BCUT2D eigenvalue weighted by molar-refractivity contribution is 5.97. The van der Waals surface area contributed by atoms with Crippen LogP contribution in [0, 0.1) is 5.92 Å². The van der Waals surface area contributed by atoms with E-state index in [-0.39, 0.29) is 17.2 Å². The van der Waals surface area contributed by atoms with Crippen LogP contribution in [0.15, 0.2) is 18.2 Å². The minimum atomic E-state index is -0.164. The molecule has 0 aliphatic carbocycles. The number of ether oxygens (including phenoxy) is 1. The Hall–Kier alpha value is -1.71. The molecule has 0 fully saturated rings. The Balaban J connectivity index is 3.02. The van der Waals surface area contributed by atoms with E-state index < -0.39 is 0 Å². The Bertz CT molecular complexity index is 416. The van der Waals surface area contributed by atoms with Crippen LogP contribution >= 0.6 is 0 Å². The van der Waals surface area contributed by atoms with Gasteiger partial charge in [0.2, 0.25) is 0 Å². The molecule has 4 heteroatoms. The van der Waals surface area contributed by atoms with Crippen molar-refractivity contribution in [2.75, 3.05) is 20.2 Å². The second-order valence-electron chi connectivity index (χ2n) is 4.59. The average Bonchev–Trinajstić information content (AvgIpc) is 2.35. The first kappa shape index (κ1) is 14.4. The maximum absolute atomic E-state index is 12.3. The maximum Gasteiger partial charge on any atom is 0.257 e. The molecule has 18 heavy (non-hydrogen) atoms. The quantitative estimate of drug-likeness (QED) is 0.874. The SMILES string of the molecule is CCN(CC(C)C)C(=O)c1cccc(OC)c1O. The van der Waals surface area contributed by atoms with Crippen LogP contribution in [0.2, 0.25) is 0 Å². The van der Waals surface area contributed by atoms with Crippen molar-refractivity contribution >= 4 is 5.91 Å². The highest BCUT2D eigenvalue weighted by Gasteiger charge is 2.20. The lowest BCUT2D eigenvalue weighted by molar-refractivity contribution is 0.0742. The summed E-state index contributed by atoms with van der Waals surface area (Å²) in [5.74, 6) is 0.456. The molecule has 0 unspecified atom stereocenters.